The van der Waals surface area contributed by atoms with Gasteiger partial charge in [-0.1, -0.05) is 21.0 Å². The Kier molecular flexibility index (Phi) is 4.52. The van der Waals surface area contributed by atoms with Gasteiger partial charge in [0.15, 0.2) is 0 Å². The van der Waals surface area contributed by atoms with Gasteiger partial charge in [0, 0.05) is 15.7 Å². The number of benzene rings is 1. The molecular formula is C15H16BrN5O3. The summed E-state index contributed by atoms with van der Waals surface area (Å²) in [5.41, 5.74) is 1.83. The van der Waals surface area contributed by atoms with E-state index >= 15 is 0 Å². The molecule has 0 saturated heterocycles. The Morgan fingerprint density at radius 2 is 2.25 bits per heavy atom. The molecule has 1 atom stereocenters. The van der Waals surface area contributed by atoms with Gasteiger partial charge in [-0.2, -0.15) is 4.68 Å². The van der Waals surface area contributed by atoms with E-state index in [2.05, 4.69) is 36.8 Å². The van der Waals surface area contributed by atoms with Crippen LogP contribution in [0.5, 0.6) is 5.75 Å². The van der Waals surface area contributed by atoms with Crippen molar-refractivity contribution >= 4 is 27.8 Å². The number of carbonyl (C=O) groups excluding carboxylic acids is 1. The molecule has 24 heavy (non-hydrogen) atoms. The molecule has 1 N–H and O–H groups in total. The monoisotopic (exact) mass is 393 g/mol. The van der Waals surface area contributed by atoms with Crippen LogP contribution in [0, 0.1) is 0 Å². The van der Waals surface area contributed by atoms with E-state index in [1.165, 1.54) is 7.11 Å². The lowest BCUT2D eigenvalue weighted by Crippen LogP contribution is -2.29. The van der Waals surface area contributed by atoms with E-state index < -0.39 is 12.0 Å². The molecule has 3 rings (SSSR count). The smallest absolute Gasteiger partial charge is 0.338 e. The van der Waals surface area contributed by atoms with E-state index in [-0.39, 0.29) is 0 Å². The number of nitrogens with zero attached hydrogens (tertiary/aromatic N) is 4. The topological polar surface area (TPSA) is 91.2 Å². The van der Waals surface area contributed by atoms with Crippen molar-refractivity contribution in [1.82, 2.24) is 20.2 Å². The van der Waals surface area contributed by atoms with E-state index in [9.17, 15) is 4.79 Å². The summed E-state index contributed by atoms with van der Waals surface area (Å²) in [7, 11) is 1.35. The molecule has 0 amide bonds. The van der Waals surface area contributed by atoms with Crippen LogP contribution in [0.15, 0.2) is 33.9 Å². The van der Waals surface area contributed by atoms with E-state index in [0.29, 0.717) is 29.6 Å². The molecule has 1 aliphatic rings. The van der Waals surface area contributed by atoms with E-state index in [4.69, 9.17) is 9.47 Å². The Morgan fingerprint density at radius 3 is 2.96 bits per heavy atom. The Balaban J connectivity index is 2.23. The number of ether oxygens (including phenoxy) is 2. The highest BCUT2D eigenvalue weighted by Crippen LogP contribution is 2.40. The SMILES string of the molecule is CCOc1ccc(Br)cc1C1C(C(=O)OC)=C(C)Nc2nnnn21. The van der Waals surface area contributed by atoms with Crippen LogP contribution in [0.4, 0.5) is 5.95 Å². The molecule has 0 spiro atoms. The van der Waals surface area contributed by atoms with Crippen LogP contribution in [0.25, 0.3) is 0 Å². The third-order valence-electron chi connectivity index (χ3n) is 3.69. The standard InChI is InChI=1S/C15H16BrN5O3/c1-4-24-11-6-5-9(16)7-10(11)13-12(14(22)23-3)8(2)17-15-18-19-20-21(13)15/h5-7,13H,4H2,1-3H3,(H,17,18,20). The van der Waals surface area contributed by atoms with Gasteiger partial charge in [0.05, 0.1) is 19.3 Å². The van der Waals surface area contributed by atoms with Crippen LogP contribution in [-0.2, 0) is 9.53 Å². The van der Waals surface area contributed by atoms with Crippen LogP contribution in [-0.4, -0.2) is 39.9 Å². The lowest BCUT2D eigenvalue weighted by Gasteiger charge is -2.28. The third-order valence-corrected chi connectivity index (χ3v) is 4.18. The first kappa shape index (κ1) is 16.4. The molecule has 1 aromatic carbocycles. The number of nitrogens with one attached hydrogen (secondary N) is 1. The van der Waals surface area contributed by atoms with Crippen LogP contribution in [0.3, 0.4) is 0 Å². The molecule has 1 unspecified atom stereocenters. The number of aromatic nitrogens is 4. The number of halogens is 1. The Hall–Kier alpha value is -2.42. The van der Waals surface area contributed by atoms with Crippen molar-refractivity contribution in [3.63, 3.8) is 0 Å². The van der Waals surface area contributed by atoms with Gasteiger partial charge < -0.3 is 14.8 Å². The summed E-state index contributed by atoms with van der Waals surface area (Å²) in [6, 6.07) is 5.06. The summed E-state index contributed by atoms with van der Waals surface area (Å²) in [6.45, 7) is 4.19. The molecule has 0 saturated carbocycles. The van der Waals surface area contributed by atoms with Crippen LogP contribution in [0.1, 0.15) is 25.5 Å². The van der Waals surface area contributed by atoms with Gasteiger partial charge in [-0.25, -0.2) is 4.79 Å². The maximum atomic E-state index is 12.4. The van der Waals surface area contributed by atoms with Gasteiger partial charge in [0.1, 0.15) is 11.8 Å². The van der Waals surface area contributed by atoms with Gasteiger partial charge in [0.25, 0.3) is 0 Å². The van der Waals surface area contributed by atoms with Crippen molar-refractivity contribution in [3.05, 3.63) is 39.5 Å². The highest BCUT2D eigenvalue weighted by molar-refractivity contribution is 9.10. The molecule has 0 aliphatic carbocycles. The minimum absolute atomic E-state index is 0.427. The molecule has 1 aliphatic heterocycles. The predicted molar refractivity (Wildman–Crippen MR) is 89.6 cm³/mol. The summed E-state index contributed by atoms with van der Waals surface area (Å²) in [5, 5.41) is 14.7. The average Bonchev–Trinajstić information content (AvgIpc) is 3.02. The van der Waals surface area contributed by atoms with Crippen molar-refractivity contribution in [1.29, 1.82) is 0 Å². The summed E-state index contributed by atoms with van der Waals surface area (Å²) < 4.78 is 13.1. The number of allylic oxidation sites excluding steroid dienone is 1. The Bertz CT molecular complexity index is 817. The van der Waals surface area contributed by atoms with Gasteiger partial charge in [-0.05, 0) is 42.5 Å². The number of tetrazole rings is 1. The number of fused-ring (bicyclic) bond motifs is 1. The number of esters is 1. The van der Waals surface area contributed by atoms with E-state index in [1.807, 2.05) is 25.1 Å². The first-order chi connectivity index (χ1) is 11.6. The minimum atomic E-state index is -0.553. The molecule has 0 fully saturated rings. The lowest BCUT2D eigenvalue weighted by atomic mass is 9.95. The molecule has 2 aromatic rings. The van der Waals surface area contributed by atoms with Gasteiger partial charge >= 0.3 is 5.97 Å². The first-order valence-corrected chi connectivity index (χ1v) is 8.12. The fourth-order valence-electron chi connectivity index (χ4n) is 2.69. The van der Waals surface area contributed by atoms with Gasteiger partial charge in [0.2, 0.25) is 5.95 Å². The second-order valence-electron chi connectivity index (χ2n) is 5.12. The zero-order chi connectivity index (χ0) is 17.3. The molecular weight excluding hydrogens is 378 g/mol. The Labute approximate surface area is 147 Å². The molecule has 1 aromatic heterocycles. The average molecular weight is 394 g/mol. The van der Waals surface area contributed by atoms with Crippen LogP contribution < -0.4 is 10.1 Å². The predicted octanol–water partition coefficient (Wildman–Crippen LogP) is 2.30. The largest absolute Gasteiger partial charge is 0.494 e. The minimum Gasteiger partial charge on any atom is -0.494 e. The summed E-state index contributed by atoms with van der Waals surface area (Å²) in [5.74, 6) is 0.657. The quantitative estimate of drug-likeness (QED) is 0.796. The van der Waals surface area contributed by atoms with Crippen molar-refractivity contribution < 1.29 is 14.3 Å². The third kappa shape index (κ3) is 2.75. The fourth-order valence-corrected chi connectivity index (χ4v) is 3.07. The maximum Gasteiger partial charge on any atom is 0.338 e. The number of methoxy groups -OCH3 is 1. The molecule has 126 valence electrons. The number of rotatable bonds is 4. The fraction of sp³-hybridized carbons (Fsp3) is 0.333. The molecule has 0 radical (unpaired) electrons. The maximum absolute atomic E-state index is 12.4. The molecule has 0 bridgehead atoms. The Morgan fingerprint density at radius 1 is 1.46 bits per heavy atom. The highest BCUT2D eigenvalue weighted by atomic mass is 79.9. The lowest BCUT2D eigenvalue weighted by molar-refractivity contribution is -0.136. The molecule has 8 nitrogen and oxygen atoms in total. The summed E-state index contributed by atoms with van der Waals surface area (Å²) >= 11 is 3.47. The van der Waals surface area contributed by atoms with Crippen molar-refractivity contribution in [3.8, 4) is 5.75 Å². The summed E-state index contributed by atoms with van der Waals surface area (Å²) in [4.78, 5) is 12.4. The van der Waals surface area contributed by atoms with Crippen molar-refractivity contribution in [2.45, 2.75) is 19.9 Å². The number of hydrogen-bond acceptors (Lipinski definition) is 7. The van der Waals surface area contributed by atoms with Crippen LogP contribution >= 0.6 is 15.9 Å². The van der Waals surface area contributed by atoms with Gasteiger partial charge in [-0.3, -0.25) is 0 Å². The highest BCUT2D eigenvalue weighted by Gasteiger charge is 2.36. The zero-order valence-corrected chi connectivity index (χ0v) is 15.0. The number of anilines is 1. The summed E-state index contributed by atoms with van der Waals surface area (Å²) in [6.07, 6.45) is 0. The zero-order valence-electron chi connectivity index (χ0n) is 13.4. The van der Waals surface area contributed by atoms with Crippen molar-refractivity contribution in [2.75, 3.05) is 19.0 Å². The molecule has 2 heterocycles. The van der Waals surface area contributed by atoms with Gasteiger partial charge in [-0.15, -0.1) is 0 Å². The molecule has 9 heteroatoms. The van der Waals surface area contributed by atoms with Crippen LogP contribution in [0.2, 0.25) is 0 Å². The van der Waals surface area contributed by atoms with E-state index in [1.54, 1.807) is 11.6 Å². The number of hydrogen-bond donors (Lipinski definition) is 1. The second-order valence-corrected chi connectivity index (χ2v) is 6.04. The second kappa shape index (κ2) is 6.60. The normalized spacial score (nSPS) is 16.4. The van der Waals surface area contributed by atoms with Crippen molar-refractivity contribution in [2.24, 2.45) is 0 Å². The number of carbonyl (C=O) groups is 1. The first-order valence-electron chi connectivity index (χ1n) is 7.33. The van der Waals surface area contributed by atoms with E-state index in [0.717, 1.165) is 10.0 Å².